The number of rotatable bonds is 27. The summed E-state index contributed by atoms with van der Waals surface area (Å²) in [5.74, 6) is 0. The van der Waals surface area contributed by atoms with Crippen molar-refractivity contribution in [2.24, 2.45) is 0 Å². The van der Waals surface area contributed by atoms with E-state index in [1.54, 1.807) is 21.0 Å². The average molecular weight is 547 g/mol. The molecule has 0 amide bonds. The summed E-state index contributed by atoms with van der Waals surface area (Å²) in [4.78, 5) is 0. The van der Waals surface area contributed by atoms with Crippen molar-refractivity contribution >= 4 is 0 Å². The van der Waals surface area contributed by atoms with E-state index in [0.717, 1.165) is 0 Å². The molecule has 12 nitrogen and oxygen atoms in total. The predicted octanol–water partition coefficient (Wildman–Crippen LogP) is 0.283. The molecule has 0 fully saturated rings. The van der Waals surface area contributed by atoms with Gasteiger partial charge in [-0.05, 0) is 27.7 Å². The lowest BCUT2D eigenvalue weighted by molar-refractivity contribution is -0.0825. The molecule has 0 aliphatic heterocycles. The molecule has 0 rings (SSSR count). The molecule has 226 valence electrons. The number of ether oxygens (including phenoxy) is 9. The van der Waals surface area contributed by atoms with E-state index in [9.17, 15) is 0 Å². The second-order valence-electron chi connectivity index (χ2n) is 8.24. The van der Waals surface area contributed by atoms with Gasteiger partial charge in [-0.2, -0.15) is 0 Å². The van der Waals surface area contributed by atoms with Crippen molar-refractivity contribution in [1.82, 2.24) is 0 Å². The molecular weight excluding hydrogens is 492 g/mol. The van der Waals surface area contributed by atoms with E-state index in [-0.39, 0.29) is 31.5 Å². The highest BCUT2D eigenvalue weighted by Crippen LogP contribution is 2.00. The molecule has 0 radical (unpaired) electrons. The Morgan fingerprint density at radius 2 is 0.838 bits per heavy atom. The molecule has 3 N–H and O–H groups in total. The van der Waals surface area contributed by atoms with E-state index in [1.165, 1.54) is 0 Å². The van der Waals surface area contributed by atoms with Crippen LogP contribution in [0.3, 0.4) is 0 Å². The van der Waals surface area contributed by atoms with E-state index in [1.807, 2.05) is 13.8 Å². The molecule has 0 saturated heterocycles. The molecule has 0 bridgehead atoms. The van der Waals surface area contributed by atoms with E-state index in [4.69, 9.17) is 58.0 Å². The van der Waals surface area contributed by atoms with E-state index >= 15 is 0 Å². The van der Waals surface area contributed by atoms with Crippen molar-refractivity contribution < 1.29 is 58.0 Å². The zero-order valence-corrected chi connectivity index (χ0v) is 23.6. The first-order valence-electron chi connectivity index (χ1n) is 13.0. The van der Waals surface area contributed by atoms with Crippen molar-refractivity contribution in [3.05, 3.63) is 0 Å². The van der Waals surface area contributed by atoms with Gasteiger partial charge in [0.2, 0.25) is 0 Å². The summed E-state index contributed by atoms with van der Waals surface area (Å²) < 4.78 is 47.2. The van der Waals surface area contributed by atoms with Gasteiger partial charge in [-0.15, -0.1) is 0 Å². The first kappa shape index (κ1) is 38.7. The minimum atomic E-state index is -0.455. The summed E-state index contributed by atoms with van der Waals surface area (Å²) in [6.07, 6.45) is -0.711. The predicted molar refractivity (Wildman–Crippen MR) is 138 cm³/mol. The number of aliphatic hydroxyl groups excluding tert-OH is 3. The van der Waals surface area contributed by atoms with Crippen LogP contribution >= 0.6 is 0 Å². The highest BCUT2D eigenvalue weighted by Gasteiger charge is 2.10. The Bertz CT molecular complexity index is 399. The SMILES string of the molecule is CC(O)COC(C)COC(C)COC(C)CO.COCCOCCOCCOCCOCCOCCO. The maximum absolute atomic E-state index is 9.04. The Kier molecular flexibility index (Phi) is 33.2. The maximum atomic E-state index is 9.04. The Morgan fingerprint density at radius 3 is 1.19 bits per heavy atom. The van der Waals surface area contributed by atoms with Crippen LogP contribution in [0, 0.1) is 0 Å². The van der Waals surface area contributed by atoms with E-state index in [2.05, 4.69) is 0 Å². The van der Waals surface area contributed by atoms with E-state index < -0.39 is 6.10 Å². The van der Waals surface area contributed by atoms with Crippen LogP contribution in [0.15, 0.2) is 0 Å². The average Bonchev–Trinajstić information content (AvgIpc) is 2.89. The second-order valence-corrected chi connectivity index (χ2v) is 8.24. The molecule has 0 aromatic rings. The maximum Gasteiger partial charge on any atom is 0.0781 e. The minimum Gasteiger partial charge on any atom is -0.394 e. The van der Waals surface area contributed by atoms with Crippen molar-refractivity contribution in [3.63, 3.8) is 0 Å². The van der Waals surface area contributed by atoms with Gasteiger partial charge in [0.1, 0.15) is 0 Å². The number of hydrogen-bond donors (Lipinski definition) is 3. The van der Waals surface area contributed by atoms with Crippen molar-refractivity contribution in [2.45, 2.75) is 52.1 Å². The van der Waals surface area contributed by atoms with E-state index in [0.29, 0.717) is 92.5 Å². The Hall–Kier alpha value is -0.480. The molecule has 0 aromatic carbocycles. The third-order valence-corrected chi connectivity index (χ3v) is 4.27. The van der Waals surface area contributed by atoms with Gasteiger partial charge in [-0.3, -0.25) is 0 Å². The molecule has 0 aliphatic rings. The summed E-state index contributed by atoms with van der Waals surface area (Å²) in [7, 11) is 1.64. The monoisotopic (exact) mass is 546 g/mol. The number of aliphatic hydroxyl groups is 3. The second kappa shape index (κ2) is 31.7. The van der Waals surface area contributed by atoms with Gasteiger partial charge in [-0.25, -0.2) is 0 Å². The first-order chi connectivity index (χ1) is 17.9. The van der Waals surface area contributed by atoms with Crippen LogP contribution in [0.4, 0.5) is 0 Å². The highest BCUT2D eigenvalue weighted by atomic mass is 16.6. The lowest BCUT2D eigenvalue weighted by atomic mass is 10.3. The Morgan fingerprint density at radius 1 is 0.486 bits per heavy atom. The summed E-state index contributed by atoms with van der Waals surface area (Å²) in [6, 6.07) is 0. The topological polar surface area (TPSA) is 144 Å². The molecule has 37 heavy (non-hydrogen) atoms. The lowest BCUT2D eigenvalue weighted by Crippen LogP contribution is -2.27. The fourth-order valence-corrected chi connectivity index (χ4v) is 2.24. The molecular formula is C25H54O12. The van der Waals surface area contributed by atoms with Crippen molar-refractivity contribution in [3.8, 4) is 0 Å². The lowest BCUT2D eigenvalue weighted by Gasteiger charge is -2.19. The fourth-order valence-electron chi connectivity index (χ4n) is 2.24. The zero-order chi connectivity index (χ0) is 28.0. The van der Waals surface area contributed by atoms with Crippen LogP contribution in [-0.4, -0.2) is 153 Å². The van der Waals surface area contributed by atoms with Crippen molar-refractivity contribution in [1.29, 1.82) is 0 Å². The van der Waals surface area contributed by atoms with Crippen LogP contribution in [0.5, 0.6) is 0 Å². The highest BCUT2D eigenvalue weighted by molar-refractivity contribution is 4.55. The fraction of sp³-hybridized carbons (Fsp3) is 1.00. The summed E-state index contributed by atoms with van der Waals surface area (Å²) in [6.45, 7) is 14.4. The molecule has 12 heteroatoms. The van der Waals surface area contributed by atoms with Crippen LogP contribution in [0.25, 0.3) is 0 Å². The molecule has 0 aliphatic carbocycles. The third kappa shape index (κ3) is 35.5. The van der Waals surface area contributed by atoms with Crippen molar-refractivity contribution in [2.75, 3.05) is 113 Å². The van der Waals surface area contributed by atoms with Gasteiger partial charge in [0, 0.05) is 7.11 Å². The first-order valence-corrected chi connectivity index (χ1v) is 13.0. The van der Waals surface area contributed by atoms with Gasteiger partial charge in [0.05, 0.1) is 130 Å². The minimum absolute atomic E-state index is 0.0145. The number of hydrogen-bond acceptors (Lipinski definition) is 12. The normalized spacial score (nSPS) is 14.6. The van der Waals surface area contributed by atoms with Gasteiger partial charge >= 0.3 is 0 Å². The zero-order valence-electron chi connectivity index (χ0n) is 23.6. The Labute approximate surface area is 223 Å². The van der Waals surface area contributed by atoms with Crippen LogP contribution in [0.1, 0.15) is 27.7 Å². The standard InChI is InChI=1S/C13H28O7.C12H26O5/c1-15-4-5-17-8-9-19-12-13-20-11-10-18-7-6-16-3-2-14;1-9(14)6-15-11(3)8-17-12(4)7-16-10(2)5-13/h14H,2-13H2,1H3;9-14H,5-8H2,1-4H3. The Balaban J connectivity index is 0. The summed E-state index contributed by atoms with van der Waals surface area (Å²) >= 11 is 0. The molecule has 4 atom stereocenters. The smallest absolute Gasteiger partial charge is 0.0781 e. The molecule has 0 heterocycles. The third-order valence-electron chi connectivity index (χ3n) is 4.27. The largest absolute Gasteiger partial charge is 0.394 e. The quantitative estimate of drug-likeness (QED) is 0.122. The van der Waals surface area contributed by atoms with Crippen LogP contribution < -0.4 is 0 Å². The van der Waals surface area contributed by atoms with Crippen LogP contribution in [0.2, 0.25) is 0 Å². The molecule has 0 saturated carbocycles. The summed E-state index contributed by atoms with van der Waals surface area (Å²) in [5, 5.41) is 26.3. The van der Waals surface area contributed by atoms with Gasteiger partial charge in [0.15, 0.2) is 0 Å². The van der Waals surface area contributed by atoms with Gasteiger partial charge in [-0.1, -0.05) is 0 Å². The molecule has 0 spiro atoms. The summed E-state index contributed by atoms with van der Waals surface area (Å²) in [5.41, 5.74) is 0. The van der Waals surface area contributed by atoms with Crippen LogP contribution in [-0.2, 0) is 42.6 Å². The molecule has 4 unspecified atom stereocenters. The molecule has 0 aromatic heterocycles. The van der Waals surface area contributed by atoms with Gasteiger partial charge in [0.25, 0.3) is 0 Å². The number of methoxy groups -OCH3 is 1. The van der Waals surface area contributed by atoms with Gasteiger partial charge < -0.3 is 58.0 Å².